The fourth-order valence-electron chi connectivity index (χ4n) is 2.69. The lowest BCUT2D eigenvalue weighted by atomic mass is 9.96. The van der Waals surface area contributed by atoms with Crippen LogP contribution in [0.3, 0.4) is 0 Å². The molecule has 0 aliphatic heterocycles. The average molecular weight is 296 g/mol. The Morgan fingerprint density at radius 1 is 1.19 bits per heavy atom. The minimum atomic E-state index is 0.340. The van der Waals surface area contributed by atoms with Crippen molar-refractivity contribution in [3.8, 4) is 0 Å². The molecule has 3 heteroatoms. The number of nitrogens with one attached hydrogen (secondary N) is 1. The van der Waals surface area contributed by atoms with Gasteiger partial charge < -0.3 is 5.32 Å². The number of benzene rings is 1. The van der Waals surface area contributed by atoms with Crippen molar-refractivity contribution in [2.45, 2.75) is 25.8 Å². The predicted molar refractivity (Wildman–Crippen MR) is 90.8 cm³/mol. The van der Waals surface area contributed by atoms with E-state index in [2.05, 4.69) is 58.3 Å². The summed E-state index contributed by atoms with van der Waals surface area (Å²) in [7, 11) is 0. The summed E-state index contributed by atoms with van der Waals surface area (Å²) in [5.41, 5.74) is 3.82. The molecule has 0 bridgehead atoms. The third-order valence-corrected chi connectivity index (χ3v) is 4.45. The summed E-state index contributed by atoms with van der Waals surface area (Å²) in [5.74, 6) is 0. The lowest BCUT2D eigenvalue weighted by Crippen LogP contribution is -2.24. The summed E-state index contributed by atoms with van der Waals surface area (Å²) in [6, 6.07) is 13.2. The van der Waals surface area contributed by atoms with Crippen LogP contribution in [-0.2, 0) is 6.42 Å². The van der Waals surface area contributed by atoms with Crippen LogP contribution in [0.15, 0.2) is 53.4 Å². The van der Waals surface area contributed by atoms with Crippen LogP contribution in [0.1, 0.15) is 30.5 Å². The first-order valence-corrected chi connectivity index (χ1v) is 8.41. The summed E-state index contributed by atoms with van der Waals surface area (Å²) in [6.45, 7) is 3.24. The van der Waals surface area contributed by atoms with Crippen molar-refractivity contribution < 1.29 is 0 Å². The maximum atomic E-state index is 4.48. The second-order valence-corrected chi connectivity index (χ2v) is 6.04. The molecule has 0 saturated heterocycles. The first-order chi connectivity index (χ1) is 10.4. The molecule has 1 aromatic carbocycles. The van der Waals surface area contributed by atoms with Gasteiger partial charge in [0, 0.05) is 17.6 Å². The van der Waals surface area contributed by atoms with E-state index in [1.807, 2.05) is 12.3 Å². The van der Waals surface area contributed by atoms with E-state index >= 15 is 0 Å². The number of hydrogen-bond donors (Lipinski definition) is 1. The lowest BCUT2D eigenvalue weighted by molar-refractivity contribution is 0.533. The fourth-order valence-corrected chi connectivity index (χ4v) is 3.37. The Bertz CT molecular complexity index is 686. The Hall–Kier alpha value is -1.71. The quantitative estimate of drug-likeness (QED) is 0.720. The zero-order valence-electron chi connectivity index (χ0n) is 12.3. The standard InChI is InChI=1S/C18H20N2S/c1-2-9-19-18(12-14-8-11-21-13-14)16-5-3-7-17-15(16)6-4-10-20-17/h3-8,10-11,13,18-19H,2,9,12H2,1H3. The molecular formula is C18H20N2S. The van der Waals surface area contributed by atoms with Crippen LogP contribution in [0.2, 0.25) is 0 Å². The monoisotopic (exact) mass is 296 g/mol. The Labute approximate surface area is 129 Å². The number of aromatic nitrogens is 1. The van der Waals surface area contributed by atoms with Gasteiger partial charge in [-0.25, -0.2) is 0 Å². The van der Waals surface area contributed by atoms with Crippen LogP contribution in [0.4, 0.5) is 0 Å². The van der Waals surface area contributed by atoms with E-state index in [-0.39, 0.29) is 0 Å². The van der Waals surface area contributed by atoms with E-state index < -0.39 is 0 Å². The number of hydrogen-bond acceptors (Lipinski definition) is 3. The van der Waals surface area contributed by atoms with Crippen LogP contribution in [0, 0.1) is 0 Å². The fraction of sp³-hybridized carbons (Fsp3) is 0.278. The van der Waals surface area contributed by atoms with Gasteiger partial charge in [0.1, 0.15) is 0 Å². The molecular weight excluding hydrogens is 276 g/mol. The number of pyridine rings is 1. The first-order valence-electron chi connectivity index (χ1n) is 7.46. The molecule has 108 valence electrons. The molecule has 0 spiro atoms. The predicted octanol–water partition coefficient (Wildman–Crippen LogP) is 4.58. The van der Waals surface area contributed by atoms with Gasteiger partial charge in [-0.05, 0) is 59.5 Å². The minimum Gasteiger partial charge on any atom is -0.310 e. The van der Waals surface area contributed by atoms with E-state index in [1.54, 1.807) is 11.3 Å². The number of fused-ring (bicyclic) bond motifs is 1. The highest BCUT2D eigenvalue weighted by Crippen LogP contribution is 2.26. The lowest BCUT2D eigenvalue weighted by Gasteiger charge is -2.20. The summed E-state index contributed by atoms with van der Waals surface area (Å²) in [5, 5.41) is 9.34. The van der Waals surface area contributed by atoms with Crippen molar-refractivity contribution in [2.75, 3.05) is 6.54 Å². The van der Waals surface area contributed by atoms with E-state index in [0.29, 0.717) is 6.04 Å². The van der Waals surface area contributed by atoms with Gasteiger partial charge in [-0.3, -0.25) is 4.98 Å². The van der Waals surface area contributed by atoms with Crippen molar-refractivity contribution in [1.29, 1.82) is 0 Å². The molecule has 0 amide bonds. The van der Waals surface area contributed by atoms with Gasteiger partial charge >= 0.3 is 0 Å². The molecule has 3 rings (SSSR count). The molecule has 2 nitrogen and oxygen atoms in total. The van der Waals surface area contributed by atoms with Crippen molar-refractivity contribution in [3.63, 3.8) is 0 Å². The summed E-state index contributed by atoms with van der Waals surface area (Å²) < 4.78 is 0. The van der Waals surface area contributed by atoms with Crippen LogP contribution in [0.5, 0.6) is 0 Å². The molecule has 1 unspecified atom stereocenters. The number of nitrogens with zero attached hydrogens (tertiary/aromatic N) is 1. The third-order valence-electron chi connectivity index (χ3n) is 3.72. The molecule has 0 aliphatic carbocycles. The highest BCUT2D eigenvalue weighted by atomic mass is 32.1. The number of thiophene rings is 1. The smallest absolute Gasteiger partial charge is 0.0705 e. The number of rotatable bonds is 6. The van der Waals surface area contributed by atoms with E-state index in [1.165, 1.54) is 16.5 Å². The summed E-state index contributed by atoms with van der Waals surface area (Å²) in [6.07, 6.45) is 4.03. The molecule has 2 aromatic heterocycles. The molecule has 0 radical (unpaired) electrons. The Morgan fingerprint density at radius 2 is 2.14 bits per heavy atom. The first kappa shape index (κ1) is 14.2. The van der Waals surface area contributed by atoms with Gasteiger partial charge in [-0.1, -0.05) is 25.1 Å². The Morgan fingerprint density at radius 3 is 2.95 bits per heavy atom. The molecule has 0 saturated carbocycles. The maximum Gasteiger partial charge on any atom is 0.0705 e. The van der Waals surface area contributed by atoms with Crippen molar-refractivity contribution in [2.24, 2.45) is 0 Å². The SMILES string of the molecule is CCCNC(Cc1ccsc1)c1cccc2ncccc12. The van der Waals surface area contributed by atoms with E-state index in [0.717, 1.165) is 24.9 Å². The Kier molecular flexibility index (Phi) is 4.63. The van der Waals surface area contributed by atoms with Crippen LogP contribution >= 0.6 is 11.3 Å². The minimum absolute atomic E-state index is 0.340. The highest BCUT2D eigenvalue weighted by Gasteiger charge is 2.14. The summed E-state index contributed by atoms with van der Waals surface area (Å²) >= 11 is 1.76. The van der Waals surface area contributed by atoms with Crippen molar-refractivity contribution in [3.05, 3.63) is 64.5 Å². The van der Waals surface area contributed by atoms with Gasteiger partial charge in [-0.2, -0.15) is 11.3 Å². The third kappa shape index (κ3) is 3.31. The zero-order chi connectivity index (χ0) is 14.5. The normalized spacial score (nSPS) is 12.6. The highest BCUT2D eigenvalue weighted by molar-refractivity contribution is 7.07. The molecule has 21 heavy (non-hydrogen) atoms. The second kappa shape index (κ2) is 6.83. The van der Waals surface area contributed by atoms with E-state index in [4.69, 9.17) is 0 Å². The van der Waals surface area contributed by atoms with Gasteiger partial charge in [0.25, 0.3) is 0 Å². The second-order valence-electron chi connectivity index (χ2n) is 5.26. The van der Waals surface area contributed by atoms with Crippen LogP contribution in [0.25, 0.3) is 10.9 Å². The largest absolute Gasteiger partial charge is 0.310 e. The van der Waals surface area contributed by atoms with Gasteiger partial charge in [0.15, 0.2) is 0 Å². The topological polar surface area (TPSA) is 24.9 Å². The molecule has 0 fully saturated rings. The molecule has 2 heterocycles. The average Bonchev–Trinajstić information content (AvgIpc) is 3.04. The van der Waals surface area contributed by atoms with Gasteiger partial charge in [-0.15, -0.1) is 0 Å². The van der Waals surface area contributed by atoms with Crippen molar-refractivity contribution in [1.82, 2.24) is 10.3 Å². The van der Waals surface area contributed by atoms with Crippen LogP contribution < -0.4 is 5.32 Å². The van der Waals surface area contributed by atoms with Crippen molar-refractivity contribution >= 4 is 22.2 Å². The van der Waals surface area contributed by atoms with E-state index in [9.17, 15) is 0 Å². The zero-order valence-corrected chi connectivity index (χ0v) is 13.1. The van der Waals surface area contributed by atoms with Crippen LogP contribution in [-0.4, -0.2) is 11.5 Å². The molecule has 1 N–H and O–H groups in total. The maximum absolute atomic E-state index is 4.48. The molecule has 3 aromatic rings. The van der Waals surface area contributed by atoms with Gasteiger partial charge in [0.05, 0.1) is 5.52 Å². The van der Waals surface area contributed by atoms with Gasteiger partial charge in [0.2, 0.25) is 0 Å². The summed E-state index contributed by atoms with van der Waals surface area (Å²) in [4.78, 5) is 4.48. The Balaban J connectivity index is 1.97. The molecule has 0 aliphatic rings. The molecule has 1 atom stereocenters.